The third kappa shape index (κ3) is 5.36. The summed E-state index contributed by atoms with van der Waals surface area (Å²) < 4.78 is 0. The Balaban J connectivity index is 1.97. The monoisotopic (exact) mass is 303 g/mol. The van der Waals surface area contributed by atoms with E-state index in [0.717, 1.165) is 23.7 Å². The molecule has 0 unspecified atom stereocenters. The molecule has 0 aliphatic rings. The van der Waals surface area contributed by atoms with Gasteiger partial charge >= 0.3 is 0 Å². The zero-order valence-corrected chi connectivity index (χ0v) is 13.5. The molecule has 0 fully saturated rings. The van der Waals surface area contributed by atoms with E-state index in [1.807, 2.05) is 6.92 Å². The molecule has 0 radical (unpaired) electrons. The standard InChI is InChI=1S/C16H21N3OS/c1-11(2)9-17-10-13-4-6-14(7-5-13)21-16-18-12(3)8-15(20)19-16/h4-8,11,17H,9-10H2,1-3H3,(H,18,19,20). The number of H-pyrrole nitrogens is 1. The molecule has 0 spiro atoms. The third-order valence-corrected chi connectivity index (χ3v) is 3.76. The lowest BCUT2D eigenvalue weighted by Crippen LogP contribution is -2.18. The van der Waals surface area contributed by atoms with Gasteiger partial charge in [0, 0.05) is 23.2 Å². The summed E-state index contributed by atoms with van der Waals surface area (Å²) in [5.41, 5.74) is 1.88. The van der Waals surface area contributed by atoms with Gasteiger partial charge in [-0.05, 0) is 37.1 Å². The maximum atomic E-state index is 11.4. The molecule has 2 N–H and O–H groups in total. The van der Waals surface area contributed by atoms with E-state index in [-0.39, 0.29) is 5.56 Å². The molecule has 2 rings (SSSR count). The molecule has 1 aromatic heterocycles. The van der Waals surface area contributed by atoms with Gasteiger partial charge in [0.2, 0.25) is 0 Å². The molecular formula is C16H21N3OS. The molecule has 0 atom stereocenters. The largest absolute Gasteiger partial charge is 0.312 e. The number of aromatic nitrogens is 2. The second kappa shape index (κ2) is 7.43. The van der Waals surface area contributed by atoms with Gasteiger partial charge in [0.05, 0.1) is 0 Å². The van der Waals surface area contributed by atoms with Crippen LogP contribution in [0.15, 0.2) is 45.2 Å². The molecule has 5 heteroatoms. The van der Waals surface area contributed by atoms with Crippen molar-refractivity contribution in [3.8, 4) is 0 Å². The van der Waals surface area contributed by atoms with Crippen LogP contribution in [0.5, 0.6) is 0 Å². The number of aryl methyl sites for hydroxylation is 1. The fraction of sp³-hybridized carbons (Fsp3) is 0.375. The quantitative estimate of drug-likeness (QED) is 0.806. The maximum absolute atomic E-state index is 11.4. The lowest BCUT2D eigenvalue weighted by molar-refractivity contribution is 0.552. The van der Waals surface area contributed by atoms with E-state index in [4.69, 9.17) is 0 Å². The first-order valence-electron chi connectivity index (χ1n) is 7.08. The molecule has 4 nitrogen and oxygen atoms in total. The van der Waals surface area contributed by atoms with Crippen molar-refractivity contribution in [2.75, 3.05) is 6.54 Å². The second-order valence-corrected chi connectivity index (χ2v) is 6.52. The van der Waals surface area contributed by atoms with Crippen molar-refractivity contribution in [2.24, 2.45) is 5.92 Å². The molecule has 1 heterocycles. The van der Waals surface area contributed by atoms with Gasteiger partial charge in [0.1, 0.15) is 0 Å². The Bertz CT molecular complexity index is 635. The predicted molar refractivity (Wildman–Crippen MR) is 86.7 cm³/mol. The van der Waals surface area contributed by atoms with Gasteiger partial charge in [-0.1, -0.05) is 37.7 Å². The molecular weight excluding hydrogens is 282 g/mol. The molecule has 21 heavy (non-hydrogen) atoms. The van der Waals surface area contributed by atoms with Crippen LogP contribution >= 0.6 is 11.8 Å². The number of nitrogens with zero attached hydrogens (tertiary/aromatic N) is 1. The molecule has 0 saturated carbocycles. The smallest absolute Gasteiger partial charge is 0.251 e. The van der Waals surface area contributed by atoms with Crippen LogP contribution in [0.2, 0.25) is 0 Å². The zero-order valence-electron chi connectivity index (χ0n) is 12.6. The van der Waals surface area contributed by atoms with E-state index in [1.54, 1.807) is 0 Å². The average Bonchev–Trinajstić information content (AvgIpc) is 2.39. The second-order valence-electron chi connectivity index (χ2n) is 5.46. The molecule has 0 aliphatic heterocycles. The Morgan fingerprint density at radius 1 is 1.29 bits per heavy atom. The topological polar surface area (TPSA) is 57.8 Å². The highest BCUT2D eigenvalue weighted by molar-refractivity contribution is 7.99. The molecule has 1 aromatic carbocycles. The summed E-state index contributed by atoms with van der Waals surface area (Å²) in [5, 5.41) is 4.05. The lowest BCUT2D eigenvalue weighted by atomic mass is 10.2. The molecule has 0 saturated heterocycles. The van der Waals surface area contributed by atoms with Crippen LogP contribution in [0.3, 0.4) is 0 Å². The van der Waals surface area contributed by atoms with Gasteiger partial charge in [-0.15, -0.1) is 0 Å². The van der Waals surface area contributed by atoms with Gasteiger partial charge in [-0.2, -0.15) is 0 Å². The van der Waals surface area contributed by atoms with E-state index in [9.17, 15) is 4.79 Å². The number of nitrogens with one attached hydrogen (secondary N) is 2. The molecule has 2 aromatic rings. The summed E-state index contributed by atoms with van der Waals surface area (Å²) in [6, 6.07) is 9.81. The predicted octanol–water partition coefficient (Wildman–Crippen LogP) is 2.98. The molecule has 0 aliphatic carbocycles. The van der Waals surface area contributed by atoms with Crippen molar-refractivity contribution in [1.82, 2.24) is 15.3 Å². The van der Waals surface area contributed by atoms with Crippen LogP contribution in [0.4, 0.5) is 0 Å². The highest BCUT2D eigenvalue weighted by Gasteiger charge is 2.02. The van der Waals surface area contributed by atoms with Crippen LogP contribution in [-0.2, 0) is 6.54 Å². The number of hydrogen-bond acceptors (Lipinski definition) is 4. The van der Waals surface area contributed by atoms with Crippen molar-refractivity contribution in [3.05, 3.63) is 51.9 Å². The van der Waals surface area contributed by atoms with Crippen LogP contribution in [0.1, 0.15) is 25.1 Å². The Morgan fingerprint density at radius 3 is 2.62 bits per heavy atom. The van der Waals surface area contributed by atoms with E-state index in [1.165, 1.54) is 23.4 Å². The van der Waals surface area contributed by atoms with Crippen LogP contribution < -0.4 is 10.9 Å². The fourth-order valence-electron chi connectivity index (χ4n) is 1.89. The summed E-state index contributed by atoms with van der Waals surface area (Å²) in [7, 11) is 0. The Labute approximate surface area is 129 Å². The van der Waals surface area contributed by atoms with Crippen LogP contribution in [-0.4, -0.2) is 16.5 Å². The van der Waals surface area contributed by atoms with E-state index in [0.29, 0.717) is 11.1 Å². The third-order valence-electron chi connectivity index (χ3n) is 2.87. The van der Waals surface area contributed by atoms with Crippen LogP contribution in [0, 0.1) is 12.8 Å². The first kappa shape index (κ1) is 15.8. The van der Waals surface area contributed by atoms with Crippen LogP contribution in [0.25, 0.3) is 0 Å². The normalized spacial score (nSPS) is 11.0. The molecule has 0 bridgehead atoms. The summed E-state index contributed by atoms with van der Waals surface area (Å²) in [6.07, 6.45) is 0. The van der Waals surface area contributed by atoms with Gasteiger partial charge in [-0.3, -0.25) is 4.79 Å². The summed E-state index contributed by atoms with van der Waals surface area (Å²) in [5.74, 6) is 0.657. The Hall–Kier alpha value is -1.59. The van der Waals surface area contributed by atoms with Crippen molar-refractivity contribution < 1.29 is 0 Å². The van der Waals surface area contributed by atoms with E-state index in [2.05, 4.69) is 53.4 Å². The number of hydrogen-bond donors (Lipinski definition) is 2. The fourth-order valence-corrected chi connectivity index (χ4v) is 2.73. The highest BCUT2D eigenvalue weighted by atomic mass is 32.2. The first-order chi connectivity index (χ1) is 10.0. The Kier molecular flexibility index (Phi) is 5.59. The SMILES string of the molecule is Cc1cc(=O)[nH]c(Sc2ccc(CNCC(C)C)cc2)n1. The number of rotatable bonds is 6. The summed E-state index contributed by atoms with van der Waals surface area (Å²) in [4.78, 5) is 19.5. The van der Waals surface area contributed by atoms with Gasteiger partial charge in [0.25, 0.3) is 5.56 Å². The first-order valence-corrected chi connectivity index (χ1v) is 7.90. The maximum Gasteiger partial charge on any atom is 0.251 e. The molecule has 0 amide bonds. The van der Waals surface area contributed by atoms with E-state index >= 15 is 0 Å². The summed E-state index contributed by atoms with van der Waals surface area (Å²) >= 11 is 1.47. The minimum atomic E-state index is -0.112. The van der Waals surface area contributed by atoms with E-state index < -0.39 is 0 Å². The minimum absolute atomic E-state index is 0.112. The highest BCUT2D eigenvalue weighted by Crippen LogP contribution is 2.24. The number of benzene rings is 1. The van der Waals surface area contributed by atoms with Crippen molar-refractivity contribution in [3.63, 3.8) is 0 Å². The molecule has 112 valence electrons. The Morgan fingerprint density at radius 2 is 2.00 bits per heavy atom. The minimum Gasteiger partial charge on any atom is -0.312 e. The zero-order chi connectivity index (χ0) is 15.2. The average molecular weight is 303 g/mol. The number of aromatic amines is 1. The summed E-state index contributed by atoms with van der Waals surface area (Å²) in [6.45, 7) is 8.11. The van der Waals surface area contributed by atoms with Crippen molar-refractivity contribution >= 4 is 11.8 Å². The van der Waals surface area contributed by atoms with Gasteiger partial charge in [-0.25, -0.2) is 4.98 Å². The van der Waals surface area contributed by atoms with Crippen molar-refractivity contribution in [2.45, 2.75) is 37.4 Å². The van der Waals surface area contributed by atoms with Crippen molar-refractivity contribution in [1.29, 1.82) is 0 Å². The van der Waals surface area contributed by atoms with Gasteiger partial charge in [0.15, 0.2) is 5.16 Å². The van der Waals surface area contributed by atoms with Gasteiger partial charge < -0.3 is 10.3 Å². The lowest BCUT2D eigenvalue weighted by Gasteiger charge is -2.08.